The van der Waals surface area contributed by atoms with E-state index in [-0.39, 0.29) is 0 Å². The van der Waals surface area contributed by atoms with Gasteiger partial charge in [-0.15, -0.1) is 0 Å². The first kappa shape index (κ1) is 17.4. The maximum atomic E-state index is 10.6. The van der Waals surface area contributed by atoms with Crippen LogP contribution >= 0.6 is 0 Å². The molecule has 0 heterocycles. The zero-order valence-electron chi connectivity index (χ0n) is 12.1. The van der Waals surface area contributed by atoms with Crippen molar-refractivity contribution in [3.8, 4) is 0 Å². The first-order valence-electron chi connectivity index (χ1n) is 6.55. The van der Waals surface area contributed by atoms with Crippen LogP contribution < -0.4 is 0 Å². The zero-order chi connectivity index (χ0) is 14.0. The lowest BCUT2D eigenvalue weighted by molar-refractivity contribution is 0.155. The lowest BCUT2D eigenvalue weighted by atomic mass is 10.2. The minimum atomic E-state index is -1.92. The van der Waals surface area contributed by atoms with Gasteiger partial charge in [0.15, 0.2) is 0 Å². The van der Waals surface area contributed by atoms with E-state index in [2.05, 4.69) is 6.92 Å². The molecule has 0 atom stereocenters. The summed E-state index contributed by atoms with van der Waals surface area (Å²) in [6, 6.07) is 1.99. The molecule has 0 aromatic heterocycles. The summed E-state index contributed by atoms with van der Waals surface area (Å²) >= 11 is 0. The maximum Gasteiger partial charge on any atom is 0.407 e. The van der Waals surface area contributed by atoms with E-state index in [1.807, 2.05) is 0 Å². The number of hydrogen-bond donors (Lipinski definition) is 1. The Hall–Kier alpha value is -0.593. The van der Waals surface area contributed by atoms with Gasteiger partial charge in [0.1, 0.15) is 0 Å². The number of unbranched alkanes of at least 4 members (excludes halogenated alkanes) is 3. The molecule has 0 radical (unpaired) electrons. The molecule has 1 N–H and O–H groups in total. The highest BCUT2D eigenvalue weighted by atomic mass is 28.4. The molecule has 0 unspecified atom stereocenters. The van der Waals surface area contributed by atoms with Gasteiger partial charge in [-0.1, -0.05) is 26.2 Å². The lowest BCUT2D eigenvalue weighted by Crippen LogP contribution is -2.38. The predicted molar refractivity (Wildman–Crippen MR) is 74.2 cm³/mol. The van der Waals surface area contributed by atoms with Crippen LogP contribution in [0.2, 0.25) is 12.1 Å². The second-order valence-electron chi connectivity index (χ2n) is 4.54. The number of amides is 1. The smallest absolute Gasteiger partial charge is 0.407 e. The monoisotopic (exact) mass is 277 g/mol. The third-order valence-electron chi connectivity index (χ3n) is 3.41. The van der Waals surface area contributed by atoms with Crippen LogP contribution in [0.4, 0.5) is 4.79 Å². The summed E-state index contributed by atoms with van der Waals surface area (Å²) in [7, 11) is 3.16. The Labute approximate surface area is 111 Å². The molecule has 0 aliphatic carbocycles. The molecule has 0 aliphatic rings. The fourth-order valence-electron chi connectivity index (χ4n) is 1.95. The lowest BCUT2D eigenvalue weighted by Gasteiger charge is -2.25. The highest BCUT2D eigenvalue weighted by Crippen LogP contribution is 2.20. The van der Waals surface area contributed by atoms with E-state index in [1.165, 1.54) is 4.90 Å². The average molecular weight is 277 g/mol. The van der Waals surface area contributed by atoms with Crippen molar-refractivity contribution in [2.45, 2.75) is 44.7 Å². The number of hydrogen-bond acceptors (Lipinski definition) is 3. The summed E-state index contributed by atoms with van der Waals surface area (Å²) in [6.07, 6.45) is 3.32. The first-order valence-corrected chi connectivity index (χ1v) is 8.78. The molecule has 0 aromatic rings. The Morgan fingerprint density at radius 2 is 1.72 bits per heavy atom. The fraction of sp³-hybridized carbons (Fsp3) is 0.917. The minimum Gasteiger partial charge on any atom is -0.465 e. The molecular weight excluding hydrogens is 250 g/mol. The van der Waals surface area contributed by atoms with Gasteiger partial charge in [0, 0.05) is 27.8 Å². The largest absolute Gasteiger partial charge is 0.465 e. The molecule has 0 aliphatic heterocycles. The van der Waals surface area contributed by atoms with E-state index in [0.717, 1.165) is 37.8 Å². The highest BCUT2D eigenvalue weighted by Gasteiger charge is 2.32. The standard InChI is InChI=1S/C12H27NO4Si/c1-5-18(16-3,17-4)11-9-7-6-8-10-13(2)12(14)15/h5-11H2,1-4H3,(H,14,15). The fourth-order valence-corrected chi connectivity index (χ4v) is 4.24. The molecule has 0 bridgehead atoms. The third kappa shape index (κ3) is 6.37. The molecule has 0 fully saturated rings. The van der Waals surface area contributed by atoms with Gasteiger partial charge in [-0.2, -0.15) is 0 Å². The number of carbonyl (C=O) groups is 1. The van der Waals surface area contributed by atoms with Gasteiger partial charge < -0.3 is 18.9 Å². The molecule has 0 rings (SSSR count). The molecule has 0 saturated heterocycles. The van der Waals surface area contributed by atoms with Crippen LogP contribution in [0, 0.1) is 0 Å². The van der Waals surface area contributed by atoms with E-state index in [1.54, 1.807) is 21.3 Å². The van der Waals surface area contributed by atoms with Gasteiger partial charge >= 0.3 is 14.7 Å². The topological polar surface area (TPSA) is 59.0 Å². The van der Waals surface area contributed by atoms with E-state index in [4.69, 9.17) is 14.0 Å². The quantitative estimate of drug-likeness (QED) is 0.493. The summed E-state index contributed by atoms with van der Waals surface area (Å²) < 4.78 is 11.1. The van der Waals surface area contributed by atoms with Crippen molar-refractivity contribution >= 4 is 14.7 Å². The summed E-state index contributed by atoms with van der Waals surface area (Å²) in [4.78, 5) is 11.9. The van der Waals surface area contributed by atoms with E-state index in [0.29, 0.717) is 6.54 Å². The third-order valence-corrected chi connectivity index (χ3v) is 7.09. The van der Waals surface area contributed by atoms with Gasteiger partial charge in [0.05, 0.1) is 0 Å². The van der Waals surface area contributed by atoms with Crippen LogP contribution in [-0.2, 0) is 8.85 Å². The van der Waals surface area contributed by atoms with Crippen molar-refractivity contribution < 1.29 is 18.8 Å². The van der Waals surface area contributed by atoms with Crippen LogP contribution in [0.25, 0.3) is 0 Å². The Bertz CT molecular complexity index is 226. The number of nitrogens with zero attached hydrogens (tertiary/aromatic N) is 1. The van der Waals surface area contributed by atoms with Crippen molar-refractivity contribution in [2.24, 2.45) is 0 Å². The van der Waals surface area contributed by atoms with Gasteiger partial charge in [0.2, 0.25) is 0 Å². The molecule has 18 heavy (non-hydrogen) atoms. The number of rotatable bonds is 10. The molecule has 6 heteroatoms. The van der Waals surface area contributed by atoms with Crippen LogP contribution in [0.3, 0.4) is 0 Å². The van der Waals surface area contributed by atoms with Gasteiger partial charge in [0.25, 0.3) is 0 Å². The van der Waals surface area contributed by atoms with Crippen molar-refractivity contribution in [3.63, 3.8) is 0 Å². The maximum absolute atomic E-state index is 10.6. The summed E-state index contributed by atoms with van der Waals surface area (Å²) in [5.41, 5.74) is 0. The SMILES string of the molecule is CC[Si](CCCCCCN(C)C(=O)O)(OC)OC. The molecule has 0 saturated carbocycles. The van der Waals surface area contributed by atoms with Crippen molar-refractivity contribution in [3.05, 3.63) is 0 Å². The second-order valence-corrected chi connectivity index (χ2v) is 8.39. The summed E-state index contributed by atoms with van der Waals surface area (Å²) in [5, 5.41) is 8.69. The Kier molecular flexibility index (Phi) is 9.04. The van der Waals surface area contributed by atoms with Crippen molar-refractivity contribution in [2.75, 3.05) is 27.8 Å². The molecule has 1 amide bonds. The van der Waals surface area contributed by atoms with Crippen molar-refractivity contribution in [1.82, 2.24) is 4.90 Å². The van der Waals surface area contributed by atoms with Crippen molar-refractivity contribution in [1.29, 1.82) is 0 Å². The zero-order valence-corrected chi connectivity index (χ0v) is 13.1. The first-order chi connectivity index (χ1) is 8.51. The average Bonchev–Trinajstić information content (AvgIpc) is 2.38. The highest BCUT2D eigenvalue weighted by molar-refractivity contribution is 6.67. The van der Waals surface area contributed by atoms with E-state index < -0.39 is 14.7 Å². The van der Waals surface area contributed by atoms with E-state index in [9.17, 15) is 4.79 Å². The molecular formula is C12H27NO4Si. The Morgan fingerprint density at radius 1 is 1.17 bits per heavy atom. The second kappa shape index (κ2) is 9.35. The molecule has 0 spiro atoms. The summed E-state index contributed by atoms with van der Waals surface area (Å²) in [5.74, 6) is 0. The van der Waals surface area contributed by atoms with Gasteiger partial charge in [-0.25, -0.2) is 4.79 Å². The normalized spacial score (nSPS) is 11.6. The minimum absolute atomic E-state index is 0.611. The number of carboxylic acid groups (broad SMARTS) is 1. The van der Waals surface area contributed by atoms with Crippen LogP contribution in [0.15, 0.2) is 0 Å². The molecule has 5 nitrogen and oxygen atoms in total. The summed E-state index contributed by atoms with van der Waals surface area (Å²) in [6.45, 7) is 2.72. The van der Waals surface area contributed by atoms with Gasteiger partial charge in [-0.05, 0) is 18.5 Å². The van der Waals surface area contributed by atoms with Crippen LogP contribution in [0.1, 0.15) is 32.6 Å². The Morgan fingerprint density at radius 3 is 2.17 bits per heavy atom. The van der Waals surface area contributed by atoms with Gasteiger partial charge in [-0.3, -0.25) is 0 Å². The Balaban J connectivity index is 3.64. The molecule has 108 valence electrons. The predicted octanol–water partition coefficient (Wildman–Crippen LogP) is 2.91. The van der Waals surface area contributed by atoms with Crippen LogP contribution in [-0.4, -0.2) is 52.5 Å². The van der Waals surface area contributed by atoms with E-state index >= 15 is 0 Å². The molecule has 0 aromatic carbocycles. The van der Waals surface area contributed by atoms with Crippen LogP contribution in [0.5, 0.6) is 0 Å².